The van der Waals surface area contributed by atoms with E-state index in [2.05, 4.69) is 59.0 Å². The van der Waals surface area contributed by atoms with Gasteiger partial charge in [-0.2, -0.15) is 0 Å². The number of pyridine rings is 1. The van der Waals surface area contributed by atoms with Gasteiger partial charge in [-0.1, -0.05) is 30.8 Å². The summed E-state index contributed by atoms with van der Waals surface area (Å²) in [6.45, 7) is 6.95. The van der Waals surface area contributed by atoms with E-state index < -0.39 is 0 Å². The first-order chi connectivity index (χ1) is 14.3. The summed E-state index contributed by atoms with van der Waals surface area (Å²) < 4.78 is 0. The van der Waals surface area contributed by atoms with Crippen molar-refractivity contribution >= 4 is 22.6 Å². The van der Waals surface area contributed by atoms with Crippen molar-refractivity contribution in [2.24, 2.45) is 4.99 Å². The van der Waals surface area contributed by atoms with Crippen molar-refractivity contribution in [3.63, 3.8) is 0 Å². The molecule has 0 radical (unpaired) electrons. The van der Waals surface area contributed by atoms with Crippen molar-refractivity contribution in [1.82, 2.24) is 9.88 Å². The fraction of sp³-hybridized carbons (Fsp3) is 0.500. The standard InChI is InChI=1S/C24H30N4S/c1-3-18-16-29-24-26-22(21-9-5-6-12-25-21)23(28(18)24)20-11-10-19(15-17(20)2)27-13-7-4-8-14-27/h5-6,9-12,15,18,22-23H,3-4,7-8,13-14,16H2,1-2H3/t18-,22-,23+/m0/s1. The number of hydrogen-bond acceptors (Lipinski definition) is 5. The molecule has 3 atom stereocenters. The Kier molecular flexibility index (Phi) is 5.25. The molecule has 0 saturated carbocycles. The summed E-state index contributed by atoms with van der Waals surface area (Å²) in [5.74, 6) is 1.14. The van der Waals surface area contributed by atoms with Gasteiger partial charge in [0.25, 0.3) is 0 Å². The summed E-state index contributed by atoms with van der Waals surface area (Å²) in [6, 6.07) is 14.2. The molecule has 5 heteroatoms. The lowest BCUT2D eigenvalue weighted by molar-refractivity contribution is 0.254. The summed E-state index contributed by atoms with van der Waals surface area (Å²) in [4.78, 5) is 15.0. The number of amidine groups is 1. The van der Waals surface area contributed by atoms with E-state index in [0.717, 1.165) is 17.9 Å². The number of benzene rings is 1. The average Bonchev–Trinajstić information content (AvgIpc) is 3.34. The van der Waals surface area contributed by atoms with Crippen LogP contribution in [-0.2, 0) is 0 Å². The van der Waals surface area contributed by atoms with E-state index in [-0.39, 0.29) is 12.1 Å². The third-order valence-corrected chi connectivity index (χ3v) is 7.75. The SMILES string of the molecule is CC[C@H]1CSC2=N[C@@H](c3ccccn3)[C@@H](c3ccc(N4CCCCC4)cc3C)N21. The normalized spacial score (nSPS) is 26.6. The van der Waals surface area contributed by atoms with Crippen LogP contribution in [0.2, 0.25) is 0 Å². The summed E-state index contributed by atoms with van der Waals surface area (Å²) in [6.07, 6.45) is 7.04. The Morgan fingerprint density at radius 3 is 2.69 bits per heavy atom. The van der Waals surface area contributed by atoms with Gasteiger partial charge in [-0.3, -0.25) is 9.98 Å². The van der Waals surface area contributed by atoms with Crippen LogP contribution in [0.25, 0.3) is 0 Å². The zero-order valence-corrected chi connectivity index (χ0v) is 18.2. The quantitative estimate of drug-likeness (QED) is 0.684. The van der Waals surface area contributed by atoms with Gasteiger partial charge < -0.3 is 9.80 Å². The Morgan fingerprint density at radius 2 is 1.97 bits per heavy atom. The molecule has 3 aliphatic heterocycles. The maximum absolute atomic E-state index is 5.16. The van der Waals surface area contributed by atoms with Crippen molar-refractivity contribution in [2.45, 2.75) is 57.7 Å². The lowest BCUT2D eigenvalue weighted by Crippen LogP contribution is -2.35. The molecule has 5 rings (SSSR count). The van der Waals surface area contributed by atoms with E-state index in [0.29, 0.717) is 6.04 Å². The van der Waals surface area contributed by atoms with Crippen LogP contribution < -0.4 is 4.90 Å². The minimum Gasteiger partial charge on any atom is -0.372 e. The Hall–Kier alpha value is -2.01. The fourth-order valence-electron chi connectivity index (χ4n) is 5.03. The summed E-state index contributed by atoms with van der Waals surface area (Å²) in [5, 5.41) is 1.21. The number of hydrogen-bond donors (Lipinski definition) is 0. The van der Waals surface area contributed by atoms with Crippen LogP contribution in [0, 0.1) is 6.92 Å². The Balaban J connectivity index is 1.52. The zero-order chi connectivity index (χ0) is 19.8. The van der Waals surface area contributed by atoms with Gasteiger partial charge in [0.15, 0.2) is 5.17 Å². The molecule has 4 nitrogen and oxygen atoms in total. The van der Waals surface area contributed by atoms with Crippen molar-refractivity contribution in [2.75, 3.05) is 23.7 Å². The number of nitrogens with zero attached hydrogens (tertiary/aromatic N) is 4. The second-order valence-corrected chi connectivity index (χ2v) is 9.41. The van der Waals surface area contributed by atoms with E-state index >= 15 is 0 Å². The predicted molar refractivity (Wildman–Crippen MR) is 123 cm³/mol. The maximum Gasteiger partial charge on any atom is 0.160 e. The largest absolute Gasteiger partial charge is 0.372 e. The maximum atomic E-state index is 5.16. The van der Waals surface area contributed by atoms with Crippen molar-refractivity contribution in [3.8, 4) is 0 Å². The molecule has 4 heterocycles. The second-order valence-electron chi connectivity index (χ2n) is 8.42. The summed E-state index contributed by atoms with van der Waals surface area (Å²) >= 11 is 1.91. The van der Waals surface area contributed by atoms with Crippen LogP contribution >= 0.6 is 11.8 Å². The van der Waals surface area contributed by atoms with Crippen LogP contribution in [0.3, 0.4) is 0 Å². The van der Waals surface area contributed by atoms with Crippen LogP contribution in [0.1, 0.15) is 61.5 Å². The number of thioether (sulfide) groups is 1. The van der Waals surface area contributed by atoms with Crippen LogP contribution in [0.15, 0.2) is 47.6 Å². The zero-order valence-electron chi connectivity index (χ0n) is 17.4. The third-order valence-electron chi connectivity index (χ3n) is 6.62. The molecule has 2 aromatic rings. The van der Waals surface area contributed by atoms with E-state index in [1.807, 2.05) is 24.0 Å². The number of aliphatic imine (C=N–C) groups is 1. The minimum absolute atomic E-state index is 0.0765. The van der Waals surface area contributed by atoms with E-state index in [1.54, 1.807) is 0 Å². The van der Waals surface area contributed by atoms with Gasteiger partial charge in [0.1, 0.15) is 6.04 Å². The molecule has 0 amide bonds. The van der Waals surface area contributed by atoms with E-state index in [9.17, 15) is 0 Å². The van der Waals surface area contributed by atoms with Crippen molar-refractivity contribution in [1.29, 1.82) is 0 Å². The van der Waals surface area contributed by atoms with Gasteiger partial charge in [0.05, 0.1) is 11.7 Å². The lowest BCUT2D eigenvalue weighted by atomic mass is 9.91. The molecule has 0 aliphatic carbocycles. The summed E-state index contributed by atoms with van der Waals surface area (Å²) in [5.41, 5.74) is 5.24. The van der Waals surface area contributed by atoms with Gasteiger partial charge in [0.2, 0.25) is 0 Å². The number of aryl methyl sites for hydroxylation is 1. The highest BCUT2D eigenvalue weighted by Gasteiger charge is 2.45. The molecule has 29 heavy (non-hydrogen) atoms. The number of piperidine rings is 1. The van der Waals surface area contributed by atoms with Crippen molar-refractivity contribution < 1.29 is 0 Å². The average molecular weight is 407 g/mol. The number of fused-ring (bicyclic) bond motifs is 1. The molecule has 0 bridgehead atoms. The molecule has 1 aromatic heterocycles. The monoisotopic (exact) mass is 406 g/mol. The first-order valence-corrected chi connectivity index (χ1v) is 12.0. The third kappa shape index (κ3) is 3.43. The topological polar surface area (TPSA) is 31.7 Å². The van der Waals surface area contributed by atoms with Gasteiger partial charge in [0, 0.05) is 36.8 Å². The molecule has 0 unspecified atom stereocenters. The lowest BCUT2D eigenvalue weighted by Gasteiger charge is -2.34. The Labute approximate surface area is 178 Å². The van der Waals surface area contributed by atoms with Crippen LogP contribution in [-0.4, -0.2) is 39.9 Å². The number of anilines is 1. The Bertz CT molecular complexity index is 891. The van der Waals surface area contributed by atoms with Gasteiger partial charge in [-0.05, 0) is 68.0 Å². The van der Waals surface area contributed by atoms with E-state index in [4.69, 9.17) is 4.99 Å². The molecule has 0 N–H and O–H groups in total. The van der Waals surface area contributed by atoms with Gasteiger partial charge >= 0.3 is 0 Å². The second kappa shape index (κ2) is 8.02. The number of aromatic nitrogens is 1. The number of rotatable bonds is 4. The molecule has 3 aliphatic rings. The van der Waals surface area contributed by atoms with Gasteiger partial charge in [-0.25, -0.2) is 0 Å². The molecule has 1 aromatic carbocycles. The van der Waals surface area contributed by atoms with Gasteiger partial charge in [-0.15, -0.1) is 0 Å². The molecule has 152 valence electrons. The molecule has 2 saturated heterocycles. The summed E-state index contributed by atoms with van der Waals surface area (Å²) in [7, 11) is 0. The first-order valence-electron chi connectivity index (χ1n) is 11.0. The Morgan fingerprint density at radius 1 is 1.10 bits per heavy atom. The van der Waals surface area contributed by atoms with E-state index in [1.165, 1.54) is 54.3 Å². The smallest absolute Gasteiger partial charge is 0.160 e. The van der Waals surface area contributed by atoms with Crippen LogP contribution in [0.5, 0.6) is 0 Å². The minimum atomic E-state index is 0.0765. The highest BCUT2D eigenvalue weighted by molar-refractivity contribution is 8.14. The van der Waals surface area contributed by atoms with Crippen molar-refractivity contribution in [3.05, 3.63) is 59.4 Å². The highest BCUT2D eigenvalue weighted by Crippen LogP contribution is 2.49. The van der Waals surface area contributed by atoms with Crippen LogP contribution in [0.4, 0.5) is 5.69 Å². The molecule has 2 fully saturated rings. The first kappa shape index (κ1) is 19.0. The predicted octanol–water partition coefficient (Wildman–Crippen LogP) is 5.36. The molecular formula is C24H30N4S. The highest BCUT2D eigenvalue weighted by atomic mass is 32.2. The molecular weight excluding hydrogens is 376 g/mol. The fourth-order valence-corrected chi connectivity index (χ4v) is 6.36. The molecule has 0 spiro atoms.